The van der Waals surface area contributed by atoms with Crippen LogP contribution in [0.3, 0.4) is 0 Å². The summed E-state index contributed by atoms with van der Waals surface area (Å²) in [5.41, 5.74) is 0.460. The zero-order valence-electron chi connectivity index (χ0n) is 11.8. The number of rotatable bonds is 3. The maximum atomic E-state index is 11.9. The molecule has 110 valence electrons. The number of esters is 1. The van der Waals surface area contributed by atoms with Gasteiger partial charge in [-0.2, -0.15) is 5.10 Å². The number of aromatic nitrogens is 2. The van der Waals surface area contributed by atoms with Gasteiger partial charge in [0.05, 0.1) is 12.8 Å². The zero-order valence-corrected chi connectivity index (χ0v) is 11.8. The fourth-order valence-corrected chi connectivity index (χ4v) is 2.42. The van der Waals surface area contributed by atoms with Crippen LogP contribution in [0.1, 0.15) is 42.6 Å². The van der Waals surface area contributed by atoms with Gasteiger partial charge in [-0.1, -0.05) is 19.3 Å². The van der Waals surface area contributed by atoms with Crippen molar-refractivity contribution in [2.75, 3.05) is 12.4 Å². The molecular weight excluding hydrogens is 260 g/mol. The molecule has 2 N–H and O–H groups in total. The number of urea groups is 1. The van der Waals surface area contributed by atoms with E-state index in [-0.39, 0.29) is 17.8 Å². The second kappa shape index (κ2) is 6.40. The van der Waals surface area contributed by atoms with Crippen molar-refractivity contribution < 1.29 is 14.3 Å². The average Bonchev–Trinajstić information content (AvgIpc) is 2.79. The van der Waals surface area contributed by atoms with Crippen molar-refractivity contribution in [2.45, 2.75) is 38.1 Å². The van der Waals surface area contributed by atoms with Gasteiger partial charge in [0.15, 0.2) is 5.69 Å². The molecule has 7 nitrogen and oxygen atoms in total. The number of ether oxygens (including phenoxy) is 1. The first kappa shape index (κ1) is 14.4. The molecule has 1 fully saturated rings. The smallest absolute Gasteiger partial charge is 0.360 e. The first-order valence-electron chi connectivity index (χ1n) is 6.79. The Hall–Kier alpha value is -2.05. The Morgan fingerprint density at radius 1 is 1.35 bits per heavy atom. The van der Waals surface area contributed by atoms with Crippen LogP contribution in [0.5, 0.6) is 0 Å². The second-order valence-electron chi connectivity index (χ2n) is 4.99. The quantitative estimate of drug-likeness (QED) is 0.825. The minimum absolute atomic E-state index is 0.105. The predicted molar refractivity (Wildman–Crippen MR) is 73.6 cm³/mol. The third kappa shape index (κ3) is 3.49. The van der Waals surface area contributed by atoms with Crippen LogP contribution >= 0.6 is 0 Å². The molecule has 0 bridgehead atoms. The molecule has 0 aromatic carbocycles. The van der Waals surface area contributed by atoms with Crippen molar-refractivity contribution in [3.05, 3.63) is 11.9 Å². The molecule has 1 aliphatic carbocycles. The van der Waals surface area contributed by atoms with Crippen molar-refractivity contribution in [1.82, 2.24) is 15.1 Å². The third-order valence-corrected chi connectivity index (χ3v) is 3.40. The summed E-state index contributed by atoms with van der Waals surface area (Å²) in [6.07, 6.45) is 7.10. The number of methoxy groups -OCH3 is 1. The molecule has 0 radical (unpaired) electrons. The SMILES string of the molecule is COC(=O)c1nn(C)cc1NC(=O)NC1CCCCC1. The van der Waals surface area contributed by atoms with Gasteiger partial charge in [0.25, 0.3) is 0 Å². The highest BCUT2D eigenvalue weighted by Crippen LogP contribution is 2.18. The molecule has 0 atom stereocenters. The Labute approximate surface area is 117 Å². The number of amides is 2. The molecule has 1 saturated carbocycles. The van der Waals surface area contributed by atoms with Crippen molar-refractivity contribution >= 4 is 17.7 Å². The standard InChI is InChI=1S/C13H20N4O3/c1-17-8-10(11(16-17)12(18)20-2)15-13(19)14-9-6-4-3-5-7-9/h8-9H,3-7H2,1-2H3,(H2,14,15,19). The maximum absolute atomic E-state index is 11.9. The van der Waals surface area contributed by atoms with Crippen molar-refractivity contribution in [1.29, 1.82) is 0 Å². The largest absolute Gasteiger partial charge is 0.464 e. The fourth-order valence-electron chi connectivity index (χ4n) is 2.42. The van der Waals surface area contributed by atoms with E-state index in [0.29, 0.717) is 5.69 Å². The molecule has 0 saturated heterocycles. The van der Waals surface area contributed by atoms with Crippen LogP contribution in [0.15, 0.2) is 6.20 Å². The summed E-state index contributed by atoms with van der Waals surface area (Å²) in [6.45, 7) is 0. The Balaban J connectivity index is 1.98. The summed E-state index contributed by atoms with van der Waals surface area (Å²) in [7, 11) is 2.96. The van der Waals surface area contributed by atoms with E-state index < -0.39 is 5.97 Å². The van der Waals surface area contributed by atoms with Crippen molar-refractivity contribution in [2.24, 2.45) is 7.05 Å². The normalized spacial score (nSPS) is 15.7. The number of hydrogen-bond donors (Lipinski definition) is 2. The third-order valence-electron chi connectivity index (χ3n) is 3.40. The van der Waals surface area contributed by atoms with Crippen LogP contribution in [-0.2, 0) is 11.8 Å². The fraction of sp³-hybridized carbons (Fsp3) is 0.615. The molecule has 2 rings (SSSR count). The Morgan fingerprint density at radius 3 is 2.70 bits per heavy atom. The van der Waals surface area contributed by atoms with Gasteiger partial charge in [0.2, 0.25) is 0 Å². The molecule has 1 aliphatic rings. The van der Waals surface area contributed by atoms with Gasteiger partial charge < -0.3 is 15.4 Å². The number of nitrogens with one attached hydrogen (secondary N) is 2. The molecule has 1 heterocycles. The van der Waals surface area contributed by atoms with Crippen LogP contribution in [-0.4, -0.2) is 34.9 Å². The van der Waals surface area contributed by atoms with E-state index in [2.05, 4.69) is 20.5 Å². The molecule has 0 spiro atoms. The van der Waals surface area contributed by atoms with E-state index in [1.165, 1.54) is 18.2 Å². The van der Waals surface area contributed by atoms with E-state index in [1.807, 2.05) is 0 Å². The van der Waals surface area contributed by atoms with Gasteiger partial charge in [-0.05, 0) is 12.8 Å². The van der Waals surface area contributed by atoms with Crippen LogP contribution in [0.25, 0.3) is 0 Å². The molecule has 20 heavy (non-hydrogen) atoms. The number of nitrogens with zero attached hydrogens (tertiary/aromatic N) is 2. The molecule has 0 unspecified atom stereocenters. The van der Waals surface area contributed by atoms with Gasteiger partial charge in [0, 0.05) is 19.3 Å². The summed E-state index contributed by atoms with van der Waals surface area (Å²) < 4.78 is 6.10. The topological polar surface area (TPSA) is 85.2 Å². The highest BCUT2D eigenvalue weighted by molar-refractivity contribution is 5.99. The highest BCUT2D eigenvalue weighted by atomic mass is 16.5. The van der Waals surface area contributed by atoms with Crippen molar-refractivity contribution in [3.63, 3.8) is 0 Å². The van der Waals surface area contributed by atoms with E-state index in [1.54, 1.807) is 13.2 Å². The summed E-state index contributed by atoms with van der Waals surface area (Å²) in [5.74, 6) is -0.571. The van der Waals surface area contributed by atoms with Gasteiger partial charge >= 0.3 is 12.0 Å². The van der Waals surface area contributed by atoms with Gasteiger partial charge in [0.1, 0.15) is 0 Å². The lowest BCUT2D eigenvalue weighted by Crippen LogP contribution is -2.39. The molecule has 1 aromatic rings. The van der Waals surface area contributed by atoms with Gasteiger partial charge in [-0.25, -0.2) is 9.59 Å². The lowest BCUT2D eigenvalue weighted by molar-refractivity contribution is 0.0594. The Bertz CT molecular complexity index is 492. The predicted octanol–water partition coefficient (Wildman–Crippen LogP) is 1.66. The Kier molecular flexibility index (Phi) is 4.60. The monoisotopic (exact) mass is 280 g/mol. The number of aryl methyl sites for hydroxylation is 1. The summed E-state index contributed by atoms with van der Waals surface area (Å²) in [6, 6.07) is -0.1000. The van der Waals surface area contributed by atoms with Crippen molar-refractivity contribution in [3.8, 4) is 0 Å². The average molecular weight is 280 g/mol. The van der Waals surface area contributed by atoms with Gasteiger partial charge in [-0.3, -0.25) is 4.68 Å². The highest BCUT2D eigenvalue weighted by Gasteiger charge is 2.20. The second-order valence-corrected chi connectivity index (χ2v) is 4.99. The minimum Gasteiger partial charge on any atom is -0.464 e. The van der Waals surface area contributed by atoms with Gasteiger partial charge in [-0.15, -0.1) is 0 Å². The lowest BCUT2D eigenvalue weighted by atomic mass is 9.96. The summed E-state index contributed by atoms with van der Waals surface area (Å²) in [5, 5.41) is 9.56. The van der Waals surface area contributed by atoms with Crippen LogP contribution in [0.2, 0.25) is 0 Å². The first-order chi connectivity index (χ1) is 9.60. The van der Waals surface area contributed by atoms with E-state index in [9.17, 15) is 9.59 Å². The maximum Gasteiger partial charge on any atom is 0.360 e. The van der Waals surface area contributed by atoms with Crippen LogP contribution in [0, 0.1) is 0 Å². The minimum atomic E-state index is -0.571. The first-order valence-corrected chi connectivity index (χ1v) is 6.79. The number of carbonyl (C=O) groups is 2. The zero-order chi connectivity index (χ0) is 14.5. The van der Waals surface area contributed by atoms with E-state index in [0.717, 1.165) is 25.7 Å². The van der Waals surface area contributed by atoms with E-state index >= 15 is 0 Å². The molecule has 7 heteroatoms. The van der Waals surface area contributed by atoms with Crippen LogP contribution < -0.4 is 10.6 Å². The molecule has 0 aliphatic heterocycles. The van der Waals surface area contributed by atoms with E-state index in [4.69, 9.17) is 0 Å². The number of anilines is 1. The number of hydrogen-bond acceptors (Lipinski definition) is 4. The summed E-state index contributed by atoms with van der Waals surface area (Å²) >= 11 is 0. The lowest BCUT2D eigenvalue weighted by Gasteiger charge is -2.22. The molecule has 2 amide bonds. The Morgan fingerprint density at radius 2 is 2.05 bits per heavy atom. The number of carbonyl (C=O) groups excluding carboxylic acids is 2. The molecule has 1 aromatic heterocycles. The molecular formula is C13H20N4O3. The summed E-state index contributed by atoms with van der Waals surface area (Å²) in [4.78, 5) is 23.5. The van der Waals surface area contributed by atoms with Crippen LogP contribution in [0.4, 0.5) is 10.5 Å².